The Morgan fingerprint density at radius 1 is 1.17 bits per heavy atom. The Bertz CT molecular complexity index is 24.3. The van der Waals surface area contributed by atoms with E-state index in [9.17, 15) is 0 Å². The maximum absolute atomic E-state index is 7.41. The highest BCUT2D eigenvalue weighted by Gasteiger charge is 2.04. The Labute approximate surface area is 34.6 Å². The highest BCUT2D eigenvalue weighted by molar-refractivity contribution is 4.16. The van der Waals surface area contributed by atoms with Crippen LogP contribution in [0.3, 0.4) is 0 Å². The molecule has 5 heteroatoms. The van der Waals surface area contributed by atoms with E-state index in [1.54, 1.807) is 0 Å². The Hall–Kier alpha value is -0.200. The van der Waals surface area contributed by atoms with Crippen LogP contribution in [-0.4, -0.2) is 21.4 Å². The smallest absolute Gasteiger partial charge is 0.340 e. The quantitative estimate of drug-likeness (QED) is 0.217. The van der Waals surface area contributed by atoms with Gasteiger partial charge in [0.25, 0.3) is 0 Å². The Balaban J connectivity index is 0. The second kappa shape index (κ2) is 2.06. The van der Waals surface area contributed by atoms with Crippen molar-refractivity contribution < 1.29 is 15.3 Å². The summed E-state index contributed by atoms with van der Waals surface area (Å²) < 4.78 is 0. The third kappa shape index (κ3) is 745. The van der Waals surface area contributed by atoms with Gasteiger partial charge in [0.05, 0.1) is 0 Å². The lowest BCUT2D eigenvalue weighted by Gasteiger charge is -2.01. The molecule has 0 saturated heterocycles. The number of nitrogens with two attached hydrogens (primary N) is 1. The first-order valence-electron chi connectivity index (χ1n) is 0.959. The highest BCUT2D eigenvalue weighted by atomic mass is 16.7. The van der Waals surface area contributed by atoms with Gasteiger partial charge in [0.2, 0.25) is 0 Å². The summed E-state index contributed by atoms with van der Waals surface area (Å²) in [4.78, 5) is 0. The maximum Gasteiger partial charge on any atom is 0.340 e. The predicted molar refractivity (Wildman–Crippen MR) is 18.6 cm³/mol. The molecule has 0 atom stereocenters. The van der Waals surface area contributed by atoms with Crippen LogP contribution in [0.25, 0.3) is 0 Å². The van der Waals surface area contributed by atoms with Gasteiger partial charge in [0, 0.05) is 0 Å². The van der Waals surface area contributed by atoms with Gasteiger partial charge < -0.3 is 21.5 Å². The molecule has 0 radical (unpaired) electrons. The summed E-state index contributed by atoms with van der Waals surface area (Å²) in [5.74, 6) is 0. The zero-order chi connectivity index (χ0) is 4.50. The summed E-state index contributed by atoms with van der Waals surface area (Å²) in [6.07, 6.45) is -3.00. The lowest BCUT2D eigenvalue weighted by Crippen LogP contribution is -2.38. The molecule has 0 heterocycles. The summed E-state index contributed by atoms with van der Waals surface area (Å²) >= 11 is 0. The fraction of sp³-hybridized carbons (Fsp3) is 1.00. The molecule has 0 aliphatic carbocycles. The molecule has 0 spiro atoms. The van der Waals surface area contributed by atoms with Crippen LogP contribution in [0, 0.1) is 0 Å². The molecule has 0 saturated carbocycles. The topological polar surface area (TPSA) is 122 Å². The first-order chi connectivity index (χ1) is 2.00. The van der Waals surface area contributed by atoms with E-state index in [-0.39, 0.29) is 6.15 Å². The van der Waals surface area contributed by atoms with Crippen LogP contribution in [0.2, 0.25) is 0 Å². The van der Waals surface area contributed by atoms with Gasteiger partial charge in [0.15, 0.2) is 0 Å². The molecule has 0 unspecified atom stereocenters. The number of hydrogen-bond donors (Lipinski definition) is 5. The lowest BCUT2D eigenvalue weighted by atomic mass is 11.1. The molecule has 0 fully saturated rings. The van der Waals surface area contributed by atoms with Gasteiger partial charge in [-0.05, 0) is 0 Å². The van der Waals surface area contributed by atoms with Gasteiger partial charge in [-0.2, -0.15) is 0 Å². The molecule has 5 nitrogen and oxygen atoms in total. The van der Waals surface area contributed by atoms with E-state index < -0.39 is 6.10 Å². The molecule has 0 aromatic rings. The molecule has 8 N–H and O–H groups in total. The molecule has 0 bridgehead atoms. The first-order valence-corrected chi connectivity index (χ1v) is 0.959. The van der Waals surface area contributed by atoms with Crippen molar-refractivity contribution in [1.82, 2.24) is 6.15 Å². The van der Waals surface area contributed by atoms with E-state index in [2.05, 4.69) is 5.73 Å². The summed E-state index contributed by atoms with van der Waals surface area (Å²) in [7, 11) is 0. The highest BCUT2D eigenvalue weighted by Crippen LogP contribution is 1.69. The Kier molecular flexibility index (Phi) is 3.18. The van der Waals surface area contributed by atoms with E-state index in [0.717, 1.165) is 0 Å². The Morgan fingerprint density at radius 2 is 1.17 bits per heavy atom. The van der Waals surface area contributed by atoms with E-state index in [1.165, 1.54) is 0 Å². The van der Waals surface area contributed by atoms with Gasteiger partial charge >= 0.3 is 6.10 Å². The first kappa shape index (κ1) is 9.25. The molecule has 0 aromatic carbocycles. The molecular weight excluding hydrogens is 88.0 g/mol. The molecule has 0 amide bonds. The lowest BCUT2D eigenvalue weighted by molar-refractivity contribution is -0.306. The van der Waals surface area contributed by atoms with Crippen molar-refractivity contribution in [2.45, 2.75) is 6.10 Å². The van der Waals surface area contributed by atoms with Crippen molar-refractivity contribution in [3.05, 3.63) is 0 Å². The molecule has 0 aromatic heterocycles. The molecule has 6 heavy (non-hydrogen) atoms. The van der Waals surface area contributed by atoms with Crippen LogP contribution < -0.4 is 11.9 Å². The van der Waals surface area contributed by atoms with Crippen LogP contribution in [0.4, 0.5) is 0 Å². The Morgan fingerprint density at radius 3 is 1.17 bits per heavy atom. The van der Waals surface area contributed by atoms with Crippen LogP contribution in [0.5, 0.6) is 0 Å². The van der Waals surface area contributed by atoms with Gasteiger partial charge in [-0.1, -0.05) is 0 Å². The number of hydrogen-bond acceptors (Lipinski definition) is 5. The zero-order valence-electron chi connectivity index (χ0n) is 3.13. The fourth-order valence-corrected chi connectivity index (χ4v) is 0. The minimum absolute atomic E-state index is 0. The summed E-state index contributed by atoms with van der Waals surface area (Å²) in [6.45, 7) is 0. The standard InChI is InChI=1S/CH5NO3.H3N/c2-1(3,4)5;/h3-5H,2H2;1H3. The van der Waals surface area contributed by atoms with E-state index in [4.69, 9.17) is 15.3 Å². The SMILES string of the molecule is N.NC(O)(O)O. The molecular formula is CH8N2O3. The van der Waals surface area contributed by atoms with Gasteiger partial charge in [-0.3, -0.25) is 5.73 Å². The second-order valence-corrected chi connectivity index (χ2v) is 0.687. The van der Waals surface area contributed by atoms with Crippen LogP contribution >= 0.6 is 0 Å². The fourth-order valence-electron chi connectivity index (χ4n) is 0. The minimum Gasteiger partial charge on any atom is -0.344 e. The molecule has 0 rings (SSSR count). The molecule has 0 aliphatic heterocycles. The average Bonchev–Trinajstić information content (AvgIpc) is 0.722. The van der Waals surface area contributed by atoms with Crippen molar-refractivity contribution in [3.63, 3.8) is 0 Å². The van der Waals surface area contributed by atoms with Crippen molar-refractivity contribution >= 4 is 0 Å². The van der Waals surface area contributed by atoms with Crippen molar-refractivity contribution in [2.24, 2.45) is 5.73 Å². The van der Waals surface area contributed by atoms with E-state index in [1.807, 2.05) is 0 Å². The molecule has 40 valence electrons. The predicted octanol–water partition coefficient (Wildman–Crippen LogP) is -2.30. The van der Waals surface area contributed by atoms with E-state index >= 15 is 0 Å². The van der Waals surface area contributed by atoms with Crippen LogP contribution in [-0.2, 0) is 0 Å². The van der Waals surface area contributed by atoms with Crippen molar-refractivity contribution in [2.75, 3.05) is 0 Å². The van der Waals surface area contributed by atoms with Crippen molar-refractivity contribution in [3.8, 4) is 0 Å². The number of aliphatic hydroxyl groups is 3. The minimum atomic E-state index is -3.00. The summed E-state index contributed by atoms with van der Waals surface area (Å²) in [5.41, 5.74) is 4.02. The third-order valence-corrected chi connectivity index (χ3v) is 0. The summed E-state index contributed by atoms with van der Waals surface area (Å²) in [5, 5.41) is 22.2. The van der Waals surface area contributed by atoms with E-state index in [0.29, 0.717) is 0 Å². The third-order valence-electron chi connectivity index (χ3n) is 0. The van der Waals surface area contributed by atoms with Crippen LogP contribution in [0.15, 0.2) is 0 Å². The van der Waals surface area contributed by atoms with Gasteiger partial charge in [-0.25, -0.2) is 0 Å². The maximum atomic E-state index is 7.41. The zero-order valence-corrected chi connectivity index (χ0v) is 3.13. The monoisotopic (exact) mass is 96.1 g/mol. The van der Waals surface area contributed by atoms with Crippen molar-refractivity contribution in [1.29, 1.82) is 0 Å². The second-order valence-electron chi connectivity index (χ2n) is 0.687. The average molecular weight is 96.1 g/mol. The molecule has 0 aliphatic rings. The number of rotatable bonds is 0. The largest absolute Gasteiger partial charge is 0.344 e. The van der Waals surface area contributed by atoms with Gasteiger partial charge in [0.1, 0.15) is 0 Å². The normalized spacial score (nSPS) is 10.0. The summed E-state index contributed by atoms with van der Waals surface area (Å²) in [6, 6.07) is 0. The van der Waals surface area contributed by atoms with Gasteiger partial charge in [-0.15, -0.1) is 0 Å². The van der Waals surface area contributed by atoms with Crippen LogP contribution in [0.1, 0.15) is 0 Å².